The summed E-state index contributed by atoms with van der Waals surface area (Å²) in [5, 5.41) is 10.4. The minimum atomic E-state index is -0.154. The van der Waals surface area contributed by atoms with Gasteiger partial charge in [-0.2, -0.15) is 0 Å². The molecule has 1 heterocycles. The van der Waals surface area contributed by atoms with Gasteiger partial charge in [-0.1, -0.05) is 20.8 Å². The fourth-order valence-electron chi connectivity index (χ4n) is 8.91. The molecule has 0 aromatic rings. The molecule has 5 aliphatic rings. The van der Waals surface area contributed by atoms with E-state index in [-0.39, 0.29) is 28.5 Å². The minimum Gasteiger partial charge on any atom is -0.393 e. The molecule has 25 heavy (non-hydrogen) atoms. The molecule has 0 amide bonds. The molecule has 5 rings (SSSR count). The van der Waals surface area contributed by atoms with Crippen molar-refractivity contribution in [3.63, 3.8) is 0 Å². The second kappa shape index (κ2) is 4.90. The van der Waals surface area contributed by atoms with Crippen LogP contribution in [0.25, 0.3) is 0 Å². The molecule has 10 atom stereocenters. The molecule has 3 nitrogen and oxygen atoms in total. The molecule has 0 aromatic carbocycles. The van der Waals surface area contributed by atoms with Crippen LogP contribution in [-0.4, -0.2) is 28.7 Å². The molecule has 140 valence electrons. The van der Waals surface area contributed by atoms with Crippen LogP contribution in [0.2, 0.25) is 0 Å². The Labute approximate surface area is 151 Å². The van der Waals surface area contributed by atoms with E-state index in [0.717, 1.165) is 25.7 Å². The number of ketones is 1. The number of ether oxygens (including phenoxy) is 1. The number of fused-ring (bicyclic) bond motifs is 4. The van der Waals surface area contributed by atoms with Gasteiger partial charge in [0.25, 0.3) is 0 Å². The second-order valence-corrected chi connectivity index (χ2v) is 10.8. The molecule has 5 fully saturated rings. The van der Waals surface area contributed by atoms with E-state index in [4.69, 9.17) is 4.74 Å². The number of aliphatic hydroxyl groups excluding tert-OH is 1. The smallest absolute Gasteiger partial charge is 0.133 e. The average molecular weight is 347 g/mol. The summed E-state index contributed by atoms with van der Waals surface area (Å²) < 4.78 is 6.43. The maximum Gasteiger partial charge on any atom is 0.133 e. The third kappa shape index (κ3) is 1.87. The van der Waals surface area contributed by atoms with Crippen molar-refractivity contribution in [1.29, 1.82) is 0 Å². The zero-order chi connectivity index (χ0) is 17.8. The summed E-state index contributed by atoms with van der Waals surface area (Å²) in [7, 11) is 0. The molecule has 3 heteroatoms. The first kappa shape index (κ1) is 16.7. The van der Waals surface area contributed by atoms with Gasteiger partial charge in [-0.05, 0) is 81.0 Å². The normalized spacial score (nSPS) is 62.4. The van der Waals surface area contributed by atoms with Crippen molar-refractivity contribution in [3.8, 4) is 0 Å². The Bertz CT molecular complexity index is 616. The zero-order valence-electron chi connectivity index (χ0n) is 16.3. The van der Waals surface area contributed by atoms with Gasteiger partial charge in [-0.3, -0.25) is 4.79 Å². The SMILES string of the molecule is CC(=O)[C@H]1CC(C)[C@H]2[C@@H]3CC4O[C@@]45CCC(O)C[C@]5(C)[C@H]3CC[C@]12C. The molecule has 1 spiro atoms. The first-order chi connectivity index (χ1) is 11.7. The Morgan fingerprint density at radius 3 is 2.64 bits per heavy atom. The molecular formula is C22H34O3. The lowest BCUT2D eigenvalue weighted by Gasteiger charge is -2.59. The van der Waals surface area contributed by atoms with Crippen molar-refractivity contribution < 1.29 is 14.6 Å². The minimum absolute atomic E-state index is 0.0724. The van der Waals surface area contributed by atoms with Crippen LogP contribution in [0.4, 0.5) is 0 Å². The van der Waals surface area contributed by atoms with Crippen LogP contribution in [-0.2, 0) is 9.53 Å². The number of epoxide rings is 1. The van der Waals surface area contributed by atoms with Crippen LogP contribution in [0.5, 0.6) is 0 Å². The molecule has 4 aliphatic carbocycles. The Kier molecular flexibility index (Phi) is 3.28. The van der Waals surface area contributed by atoms with E-state index in [0.29, 0.717) is 35.6 Å². The first-order valence-corrected chi connectivity index (χ1v) is 10.6. The van der Waals surface area contributed by atoms with E-state index in [1.54, 1.807) is 0 Å². The van der Waals surface area contributed by atoms with Crippen molar-refractivity contribution in [2.75, 3.05) is 0 Å². The van der Waals surface area contributed by atoms with Crippen LogP contribution in [0.1, 0.15) is 72.6 Å². The lowest BCUT2D eigenvalue weighted by molar-refractivity contribution is -0.136. The molecule has 0 aromatic heterocycles. The molecule has 0 bridgehead atoms. The molecule has 4 saturated carbocycles. The maximum atomic E-state index is 12.4. The quantitative estimate of drug-likeness (QED) is 0.731. The van der Waals surface area contributed by atoms with E-state index < -0.39 is 0 Å². The van der Waals surface area contributed by atoms with Gasteiger partial charge in [0, 0.05) is 11.3 Å². The van der Waals surface area contributed by atoms with E-state index in [9.17, 15) is 9.90 Å². The Hall–Kier alpha value is -0.410. The summed E-state index contributed by atoms with van der Waals surface area (Å²) in [5.41, 5.74) is 0.390. The highest BCUT2D eigenvalue weighted by Gasteiger charge is 2.76. The molecule has 1 aliphatic heterocycles. The number of rotatable bonds is 1. The molecule has 1 N–H and O–H groups in total. The van der Waals surface area contributed by atoms with Gasteiger partial charge in [0.1, 0.15) is 11.4 Å². The van der Waals surface area contributed by atoms with Gasteiger partial charge in [0.05, 0.1) is 12.2 Å². The first-order valence-electron chi connectivity index (χ1n) is 10.6. The predicted molar refractivity (Wildman–Crippen MR) is 95.9 cm³/mol. The second-order valence-electron chi connectivity index (χ2n) is 10.8. The van der Waals surface area contributed by atoms with E-state index in [1.165, 1.54) is 19.3 Å². The van der Waals surface area contributed by atoms with Gasteiger partial charge < -0.3 is 9.84 Å². The van der Waals surface area contributed by atoms with Crippen LogP contribution < -0.4 is 0 Å². The Balaban J connectivity index is 1.53. The third-order valence-electron chi connectivity index (χ3n) is 9.84. The summed E-state index contributed by atoms with van der Waals surface area (Å²) in [5.74, 6) is 3.28. The van der Waals surface area contributed by atoms with E-state index in [2.05, 4.69) is 20.8 Å². The van der Waals surface area contributed by atoms with Gasteiger partial charge in [-0.15, -0.1) is 0 Å². The molecule has 0 radical (unpaired) electrons. The highest BCUT2D eigenvalue weighted by molar-refractivity contribution is 5.79. The van der Waals surface area contributed by atoms with Gasteiger partial charge in [0.2, 0.25) is 0 Å². The van der Waals surface area contributed by atoms with Crippen LogP contribution in [0.3, 0.4) is 0 Å². The highest BCUT2D eigenvalue weighted by Crippen LogP contribution is 2.74. The van der Waals surface area contributed by atoms with Crippen molar-refractivity contribution >= 4 is 5.78 Å². The van der Waals surface area contributed by atoms with Crippen LogP contribution in [0.15, 0.2) is 0 Å². The fraction of sp³-hybridized carbons (Fsp3) is 0.955. The number of Topliss-reactive ketones (excluding diaryl/α,β-unsaturated/α-hetero) is 1. The monoisotopic (exact) mass is 346 g/mol. The summed E-state index contributed by atoms with van der Waals surface area (Å²) in [4.78, 5) is 12.4. The highest BCUT2D eigenvalue weighted by atomic mass is 16.6. The van der Waals surface area contributed by atoms with Crippen molar-refractivity contribution in [3.05, 3.63) is 0 Å². The molecule has 3 unspecified atom stereocenters. The summed E-state index contributed by atoms with van der Waals surface area (Å²) in [6.07, 6.45) is 7.81. The number of aliphatic hydroxyl groups is 1. The molecule has 1 saturated heterocycles. The number of hydrogen-bond acceptors (Lipinski definition) is 3. The van der Waals surface area contributed by atoms with Gasteiger partial charge >= 0.3 is 0 Å². The van der Waals surface area contributed by atoms with Crippen molar-refractivity contribution in [2.45, 2.75) is 90.4 Å². The largest absolute Gasteiger partial charge is 0.393 e. The van der Waals surface area contributed by atoms with Crippen molar-refractivity contribution in [2.24, 2.45) is 40.4 Å². The van der Waals surface area contributed by atoms with Gasteiger partial charge in [-0.25, -0.2) is 0 Å². The third-order valence-corrected chi connectivity index (χ3v) is 9.84. The fourth-order valence-corrected chi connectivity index (χ4v) is 8.91. The van der Waals surface area contributed by atoms with Crippen molar-refractivity contribution in [1.82, 2.24) is 0 Å². The lowest BCUT2D eigenvalue weighted by atomic mass is 9.44. The Morgan fingerprint density at radius 2 is 1.92 bits per heavy atom. The number of carbonyl (C=O) groups is 1. The summed E-state index contributed by atoms with van der Waals surface area (Å²) in [6.45, 7) is 9.04. The topological polar surface area (TPSA) is 49.8 Å². The summed E-state index contributed by atoms with van der Waals surface area (Å²) >= 11 is 0. The standard InChI is InChI=1S/C22H34O3/c1-12-9-17(13(2)23)20(3)7-6-16-15(19(12)20)10-18-22(25-18)8-5-14(24)11-21(16,22)4/h12,14-19,24H,5-11H2,1-4H3/t12?,14?,15-,16+,17-,18?,19+,20-,21-,22+/m1/s1. The van der Waals surface area contributed by atoms with Gasteiger partial charge in [0.15, 0.2) is 0 Å². The predicted octanol–water partition coefficient (Wildman–Crippen LogP) is 3.97. The van der Waals surface area contributed by atoms with E-state index >= 15 is 0 Å². The number of carbonyl (C=O) groups excluding carboxylic acids is 1. The summed E-state index contributed by atoms with van der Waals surface area (Å²) in [6, 6.07) is 0. The Morgan fingerprint density at radius 1 is 1.16 bits per heavy atom. The van der Waals surface area contributed by atoms with Crippen LogP contribution >= 0.6 is 0 Å². The number of hydrogen-bond donors (Lipinski definition) is 1. The lowest BCUT2D eigenvalue weighted by Crippen LogP contribution is -2.59. The van der Waals surface area contributed by atoms with Crippen LogP contribution in [0, 0.1) is 40.4 Å². The zero-order valence-corrected chi connectivity index (χ0v) is 16.3. The van der Waals surface area contributed by atoms with E-state index in [1.807, 2.05) is 6.92 Å². The maximum absolute atomic E-state index is 12.4. The molecular weight excluding hydrogens is 312 g/mol. The average Bonchev–Trinajstić information content (AvgIpc) is 3.16.